The Morgan fingerprint density at radius 3 is 2.73 bits per heavy atom. The molecule has 1 aliphatic rings. The third kappa shape index (κ3) is 5.07. The number of thioether (sulfide) groups is 1. The van der Waals surface area contributed by atoms with Crippen LogP contribution in [0.5, 0.6) is 11.5 Å². The van der Waals surface area contributed by atoms with Crippen LogP contribution in [-0.4, -0.2) is 32.6 Å². The van der Waals surface area contributed by atoms with Crippen LogP contribution in [0.3, 0.4) is 0 Å². The maximum absolute atomic E-state index is 13.1. The molecule has 0 bridgehead atoms. The van der Waals surface area contributed by atoms with E-state index in [1.54, 1.807) is 42.5 Å². The van der Waals surface area contributed by atoms with E-state index in [-0.39, 0.29) is 11.8 Å². The van der Waals surface area contributed by atoms with Gasteiger partial charge < -0.3 is 19.7 Å². The van der Waals surface area contributed by atoms with E-state index < -0.39 is 0 Å². The lowest BCUT2D eigenvalue weighted by atomic mass is 10.1. The maximum Gasteiger partial charge on any atom is 0.264 e. The van der Waals surface area contributed by atoms with E-state index in [2.05, 4.69) is 5.32 Å². The van der Waals surface area contributed by atoms with Gasteiger partial charge in [0, 0.05) is 22.4 Å². The Morgan fingerprint density at radius 1 is 1.15 bits per heavy atom. The van der Waals surface area contributed by atoms with Gasteiger partial charge in [-0.05, 0) is 60.3 Å². The highest BCUT2D eigenvalue weighted by Gasteiger charge is 2.27. The molecular weight excluding hydrogens is 456 g/mol. The lowest BCUT2D eigenvalue weighted by molar-refractivity contribution is -0.114. The number of likely N-dealkylation sites (N-methyl/N-ethyl adjacent to an activating group) is 1. The lowest BCUT2D eigenvalue weighted by Gasteiger charge is -2.27. The maximum atomic E-state index is 13.1. The zero-order valence-electron chi connectivity index (χ0n) is 18.6. The first-order valence-corrected chi connectivity index (χ1v) is 12.1. The fourth-order valence-corrected chi connectivity index (χ4v) is 5.15. The Labute approximate surface area is 201 Å². The van der Waals surface area contributed by atoms with Crippen molar-refractivity contribution in [2.24, 2.45) is 0 Å². The normalized spacial score (nSPS) is 14.2. The molecule has 0 saturated carbocycles. The Morgan fingerprint density at radius 2 is 2.00 bits per heavy atom. The molecule has 8 heteroatoms. The summed E-state index contributed by atoms with van der Waals surface area (Å²) < 4.78 is 11.0. The molecule has 0 fully saturated rings. The molecule has 2 amide bonds. The zero-order chi connectivity index (χ0) is 23.4. The second-order valence-electron chi connectivity index (χ2n) is 7.26. The number of fused-ring (bicyclic) bond motifs is 1. The number of thiophene rings is 1. The van der Waals surface area contributed by atoms with Gasteiger partial charge in [-0.2, -0.15) is 0 Å². The molecule has 0 saturated heterocycles. The number of rotatable bonds is 7. The van der Waals surface area contributed by atoms with Gasteiger partial charge in [-0.1, -0.05) is 23.9 Å². The van der Waals surface area contributed by atoms with Crippen molar-refractivity contribution in [3.8, 4) is 11.5 Å². The minimum absolute atomic E-state index is 0.128. The predicted molar refractivity (Wildman–Crippen MR) is 133 cm³/mol. The number of anilines is 1. The monoisotopic (exact) mass is 480 g/mol. The summed E-state index contributed by atoms with van der Waals surface area (Å²) in [5.74, 6) is 0.986. The minimum atomic E-state index is -0.167. The number of nitrogens with one attached hydrogen (secondary N) is 1. The van der Waals surface area contributed by atoms with Gasteiger partial charge in [0.25, 0.3) is 11.8 Å². The third-order valence-electron chi connectivity index (χ3n) is 5.11. The van der Waals surface area contributed by atoms with Crippen molar-refractivity contribution in [3.63, 3.8) is 0 Å². The Hall–Kier alpha value is -3.23. The fraction of sp³-hybridized carbons (Fsp3) is 0.200. The van der Waals surface area contributed by atoms with Gasteiger partial charge in [0.05, 0.1) is 30.9 Å². The van der Waals surface area contributed by atoms with Crippen molar-refractivity contribution in [3.05, 3.63) is 74.8 Å². The second-order valence-corrected chi connectivity index (χ2v) is 9.38. The molecule has 170 valence electrons. The van der Waals surface area contributed by atoms with E-state index in [9.17, 15) is 9.59 Å². The summed E-state index contributed by atoms with van der Waals surface area (Å²) in [5.41, 5.74) is 2.08. The molecule has 33 heavy (non-hydrogen) atoms. The summed E-state index contributed by atoms with van der Waals surface area (Å²) in [6, 6.07) is 15.0. The summed E-state index contributed by atoms with van der Waals surface area (Å²) in [5, 5.41) is 4.91. The molecule has 1 N–H and O–H groups in total. The molecule has 0 unspecified atom stereocenters. The molecule has 2 aromatic carbocycles. The number of methoxy groups -OCH3 is 1. The quantitative estimate of drug-likeness (QED) is 0.471. The molecule has 0 aliphatic carbocycles. The summed E-state index contributed by atoms with van der Waals surface area (Å²) in [7, 11) is 3.31. The van der Waals surface area contributed by atoms with Crippen LogP contribution < -0.4 is 19.7 Å². The molecular formula is C25H24N2O4S2. The third-order valence-corrected chi connectivity index (χ3v) is 7.06. The Bertz CT molecular complexity index is 1210. The van der Waals surface area contributed by atoms with E-state index in [1.165, 1.54) is 11.8 Å². The molecule has 1 aliphatic heterocycles. The van der Waals surface area contributed by atoms with Crippen LogP contribution in [0.4, 0.5) is 5.69 Å². The van der Waals surface area contributed by atoms with Crippen LogP contribution in [0.2, 0.25) is 0 Å². The summed E-state index contributed by atoms with van der Waals surface area (Å²) >= 11 is 2.99. The smallest absolute Gasteiger partial charge is 0.264 e. The number of hydrogen-bond acceptors (Lipinski definition) is 6. The molecule has 4 rings (SSSR count). The number of benzene rings is 2. The molecule has 6 nitrogen and oxygen atoms in total. The van der Waals surface area contributed by atoms with E-state index in [4.69, 9.17) is 9.47 Å². The van der Waals surface area contributed by atoms with Crippen LogP contribution in [0, 0.1) is 0 Å². The largest absolute Gasteiger partial charge is 0.493 e. The molecule has 2 heterocycles. The highest BCUT2D eigenvalue weighted by Crippen LogP contribution is 2.42. The van der Waals surface area contributed by atoms with Gasteiger partial charge >= 0.3 is 0 Å². The number of carbonyl (C=O) groups excluding carboxylic acids is 2. The van der Waals surface area contributed by atoms with Crippen LogP contribution in [0.25, 0.3) is 6.08 Å². The Kier molecular flexibility index (Phi) is 7.05. The first-order chi connectivity index (χ1) is 16.0. The standard InChI is InChI=1S/C25H24N2O4S2/c1-4-31-20-9-7-16(12-21(20)30-3)13-23-25(29)27(2)19-14-17(8-10-22(19)33-23)24(28)26-15-18-6-5-11-32-18/h5-14H,4,15H2,1-3H3,(H,26,28). The van der Waals surface area contributed by atoms with Crippen molar-refractivity contribution in [2.45, 2.75) is 18.4 Å². The number of carbonyl (C=O) groups is 2. The summed E-state index contributed by atoms with van der Waals surface area (Å²) in [6.45, 7) is 2.94. The van der Waals surface area contributed by atoms with Gasteiger partial charge in [-0.3, -0.25) is 9.59 Å². The summed E-state index contributed by atoms with van der Waals surface area (Å²) in [4.78, 5) is 29.8. The van der Waals surface area contributed by atoms with E-state index in [0.29, 0.717) is 35.1 Å². The topological polar surface area (TPSA) is 67.9 Å². The molecule has 0 spiro atoms. The Balaban J connectivity index is 1.55. The van der Waals surface area contributed by atoms with Crippen molar-refractivity contribution in [2.75, 3.05) is 25.7 Å². The van der Waals surface area contributed by atoms with Crippen LogP contribution in [-0.2, 0) is 11.3 Å². The average Bonchev–Trinajstić information content (AvgIpc) is 3.35. The first kappa shape index (κ1) is 22.9. The lowest BCUT2D eigenvalue weighted by Crippen LogP contribution is -2.30. The predicted octanol–water partition coefficient (Wildman–Crippen LogP) is 5.20. The van der Waals surface area contributed by atoms with Crippen LogP contribution in [0.1, 0.15) is 27.7 Å². The zero-order valence-corrected chi connectivity index (χ0v) is 20.2. The van der Waals surface area contributed by atoms with E-state index in [0.717, 1.165) is 21.0 Å². The van der Waals surface area contributed by atoms with Gasteiger partial charge in [-0.15, -0.1) is 11.3 Å². The van der Waals surface area contributed by atoms with Crippen LogP contribution in [0.15, 0.2) is 63.7 Å². The molecule has 0 atom stereocenters. The fourth-order valence-electron chi connectivity index (χ4n) is 3.42. The second kappa shape index (κ2) is 10.1. The van der Waals surface area contributed by atoms with Crippen LogP contribution >= 0.6 is 23.1 Å². The first-order valence-electron chi connectivity index (χ1n) is 10.4. The number of ether oxygens (including phenoxy) is 2. The number of nitrogens with zero attached hydrogens (tertiary/aromatic N) is 1. The number of hydrogen-bond donors (Lipinski definition) is 1. The highest BCUT2D eigenvalue weighted by molar-refractivity contribution is 8.04. The van der Waals surface area contributed by atoms with Crippen molar-refractivity contribution < 1.29 is 19.1 Å². The van der Waals surface area contributed by atoms with Crippen molar-refractivity contribution >= 4 is 46.7 Å². The van der Waals surface area contributed by atoms with E-state index >= 15 is 0 Å². The van der Waals surface area contributed by atoms with Crippen molar-refractivity contribution in [1.29, 1.82) is 0 Å². The van der Waals surface area contributed by atoms with E-state index in [1.807, 2.05) is 54.8 Å². The van der Waals surface area contributed by atoms with Crippen molar-refractivity contribution in [1.82, 2.24) is 5.32 Å². The minimum Gasteiger partial charge on any atom is -0.493 e. The van der Waals surface area contributed by atoms with Gasteiger partial charge in [-0.25, -0.2) is 0 Å². The molecule has 3 aromatic rings. The molecule has 0 radical (unpaired) electrons. The average molecular weight is 481 g/mol. The SMILES string of the molecule is CCOc1ccc(C=C2Sc3ccc(C(=O)NCc4cccs4)cc3N(C)C2=O)cc1OC. The van der Waals surface area contributed by atoms with Gasteiger partial charge in [0.1, 0.15) is 0 Å². The highest BCUT2D eigenvalue weighted by atomic mass is 32.2. The molecule has 1 aromatic heterocycles. The number of amides is 2. The van der Waals surface area contributed by atoms with Gasteiger partial charge in [0.2, 0.25) is 0 Å². The van der Waals surface area contributed by atoms with Gasteiger partial charge in [0.15, 0.2) is 11.5 Å². The summed E-state index contributed by atoms with van der Waals surface area (Å²) in [6.07, 6.45) is 1.84.